The van der Waals surface area contributed by atoms with Crippen LogP contribution in [0, 0.1) is 22.7 Å². The lowest BCUT2D eigenvalue weighted by molar-refractivity contribution is -0.164. The van der Waals surface area contributed by atoms with Crippen molar-refractivity contribution in [1.29, 1.82) is 0 Å². The largest absolute Gasteiger partial charge is 0.464 e. The van der Waals surface area contributed by atoms with E-state index < -0.39 is 20.8 Å². The maximum Gasteiger partial charge on any atom is 0.329 e. The molecule has 0 amide bonds. The Bertz CT molecular complexity index is 578. The monoisotopic (exact) mass is 330 g/mol. The second-order valence-electron chi connectivity index (χ2n) is 8.83. The second-order valence-corrected chi connectivity index (χ2v) is 10.8. The summed E-state index contributed by atoms with van der Waals surface area (Å²) in [7, 11) is -4.47. The van der Waals surface area contributed by atoms with Crippen molar-refractivity contribution in [1.82, 2.24) is 0 Å². The van der Waals surface area contributed by atoms with Crippen LogP contribution in [0.4, 0.5) is 0 Å². The van der Waals surface area contributed by atoms with Crippen LogP contribution in [0.2, 0.25) is 0 Å². The van der Waals surface area contributed by atoms with Crippen molar-refractivity contribution in [2.45, 2.75) is 64.0 Å². The molecule has 1 N–H and O–H groups in total. The molecule has 4 bridgehead atoms. The van der Waals surface area contributed by atoms with Crippen LogP contribution in [0.15, 0.2) is 0 Å². The lowest BCUT2D eigenvalue weighted by Crippen LogP contribution is -2.53. The standard InChI is InChI=1S/C16H26O5S/c1-14(2,22(18,19)20)13(17)21-10-16-7-11-4-12(8-16)6-15(3,5-11)9-16/h11-12H,4-10H2,1-3H3,(H,18,19,20). The summed E-state index contributed by atoms with van der Waals surface area (Å²) in [6, 6.07) is 0. The zero-order valence-corrected chi connectivity index (χ0v) is 14.4. The van der Waals surface area contributed by atoms with E-state index in [9.17, 15) is 17.8 Å². The molecule has 0 radical (unpaired) electrons. The van der Waals surface area contributed by atoms with Gasteiger partial charge < -0.3 is 4.74 Å². The topological polar surface area (TPSA) is 80.7 Å². The fraction of sp³-hybridized carbons (Fsp3) is 0.938. The summed E-state index contributed by atoms with van der Waals surface area (Å²) in [4.78, 5) is 12.1. The first-order valence-electron chi connectivity index (χ1n) is 8.09. The molecule has 2 unspecified atom stereocenters. The number of esters is 1. The molecule has 0 saturated heterocycles. The van der Waals surface area contributed by atoms with Crippen LogP contribution >= 0.6 is 0 Å². The van der Waals surface area contributed by atoms with E-state index in [0.717, 1.165) is 31.1 Å². The number of carbonyl (C=O) groups is 1. The number of hydrogen-bond acceptors (Lipinski definition) is 4. The van der Waals surface area contributed by atoms with Crippen LogP contribution in [0.25, 0.3) is 0 Å². The molecule has 4 saturated carbocycles. The summed E-state index contributed by atoms with van der Waals surface area (Å²) < 4.78 is 35.3. The van der Waals surface area contributed by atoms with E-state index in [2.05, 4.69) is 6.92 Å². The molecule has 0 spiro atoms. The molecular weight excluding hydrogens is 304 g/mol. The highest BCUT2D eigenvalue weighted by molar-refractivity contribution is 7.88. The molecule has 0 aromatic rings. The van der Waals surface area contributed by atoms with Crippen molar-refractivity contribution >= 4 is 16.1 Å². The first kappa shape index (κ1) is 16.2. The van der Waals surface area contributed by atoms with Gasteiger partial charge in [0.2, 0.25) is 0 Å². The molecule has 4 rings (SSSR count). The Labute approximate surface area is 132 Å². The minimum atomic E-state index is -4.47. The molecule has 5 nitrogen and oxygen atoms in total. The van der Waals surface area contributed by atoms with Gasteiger partial charge in [0.1, 0.15) is 0 Å². The van der Waals surface area contributed by atoms with Gasteiger partial charge in [-0.15, -0.1) is 0 Å². The van der Waals surface area contributed by atoms with Crippen molar-refractivity contribution in [2.75, 3.05) is 6.61 Å². The van der Waals surface area contributed by atoms with Crippen LogP contribution in [0.5, 0.6) is 0 Å². The summed E-state index contributed by atoms with van der Waals surface area (Å²) in [6.07, 6.45) is 7.07. The average molecular weight is 330 g/mol. The van der Waals surface area contributed by atoms with Gasteiger partial charge in [-0.1, -0.05) is 6.92 Å². The maximum absolute atomic E-state index is 12.1. The van der Waals surface area contributed by atoms with Crippen molar-refractivity contribution < 1.29 is 22.5 Å². The zero-order valence-electron chi connectivity index (χ0n) is 13.6. The number of ether oxygens (including phenoxy) is 1. The van der Waals surface area contributed by atoms with Gasteiger partial charge in [0.25, 0.3) is 10.1 Å². The molecule has 0 aromatic carbocycles. The van der Waals surface area contributed by atoms with E-state index in [1.807, 2.05) is 0 Å². The van der Waals surface area contributed by atoms with E-state index in [1.165, 1.54) is 33.1 Å². The molecule has 0 aliphatic heterocycles. The Morgan fingerprint density at radius 1 is 1.23 bits per heavy atom. The third-order valence-electron chi connectivity index (χ3n) is 6.12. The smallest absolute Gasteiger partial charge is 0.329 e. The molecule has 0 heterocycles. The van der Waals surface area contributed by atoms with Crippen LogP contribution in [-0.4, -0.2) is 30.3 Å². The number of carbonyl (C=O) groups excluding carboxylic acids is 1. The Kier molecular flexibility index (Phi) is 3.47. The van der Waals surface area contributed by atoms with Crippen molar-refractivity contribution in [3.63, 3.8) is 0 Å². The van der Waals surface area contributed by atoms with Crippen molar-refractivity contribution in [3.8, 4) is 0 Å². The van der Waals surface area contributed by atoms with Gasteiger partial charge in [0, 0.05) is 5.41 Å². The van der Waals surface area contributed by atoms with Crippen LogP contribution in [0.1, 0.15) is 59.3 Å². The van der Waals surface area contributed by atoms with Crippen molar-refractivity contribution in [2.24, 2.45) is 22.7 Å². The molecule has 4 aliphatic rings. The average Bonchev–Trinajstić information content (AvgIpc) is 2.31. The van der Waals surface area contributed by atoms with Gasteiger partial charge in [0.05, 0.1) is 6.61 Å². The van der Waals surface area contributed by atoms with E-state index in [-0.39, 0.29) is 12.0 Å². The predicted octanol–water partition coefficient (Wildman–Crippen LogP) is 2.80. The quantitative estimate of drug-likeness (QED) is 0.633. The summed E-state index contributed by atoms with van der Waals surface area (Å²) in [5, 5.41) is 0. The maximum atomic E-state index is 12.1. The third-order valence-corrected chi connectivity index (χ3v) is 7.58. The van der Waals surface area contributed by atoms with E-state index in [1.54, 1.807) is 0 Å². The fourth-order valence-electron chi connectivity index (χ4n) is 5.59. The summed E-state index contributed by atoms with van der Waals surface area (Å²) in [5.74, 6) is 0.593. The van der Waals surface area contributed by atoms with E-state index in [0.29, 0.717) is 5.41 Å². The SMILES string of the molecule is CC12CC3CC(C1)CC(COC(=O)C(C)(C)S(=O)(=O)O)(C3)C2. The molecule has 4 fully saturated rings. The summed E-state index contributed by atoms with van der Waals surface area (Å²) in [5.41, 5.74) is 0.374. The van der Waals surface area contributed by atoms with Crippen LogP contribution in [0.3, 0.4) is 0 Å². The Balaban J connectivity index is 1.71. The fourth-order valence-corrected chi connectivity index (χ4v) is 5.86. The minimum Gasteiger partial charge on any atom is -0.464 e. The highest BCUT2D eigenvalue weighted by Crippen LogP contribution is 2.65. The first-order chi connectivity index (χ1) is 9.95. The zero-order chi connectivity index (χ0) is 16.4. The molecule has 126 valence electrons. The minimum absolute atomic E-state index is 0.0176. The highest BCUT2D eigenvalue weighted by Gasteiger charge is 2.56. The molecular formula is C16H26O5S. The lowest BCUT2D eigenvalue weighted by Gasteiger charge is -2.61. The molecule has 6 heteroatoms. The third kappa shape index (κ3) is 2.58. The molecule has 4 aliphatic carbocycles. The lowest BCUT2D eigenvalue weighted by atomic mass is 9.45. The van der Waals surface area contributed by atoms with Gasteiger partial charge in [-0.3, -0.25) is 9.35 Å². The number of hydrogen-bond donors (Lipinski definition) is 1. The van der Waals surface area contributed by atoms with E-state index in [4.69, 9.17) is 4.74 Å². The summed E-state index contributed by atoms with van der Waals surface area (Å²) >= 11 is 0. The van der Waals surface area contributed by atoms with Crippen LogP contribution < -0.4 is 0 Å². The Morgan fingerprint density at radius 3 is 2.23 bits per heavy atom. The highest BCUT2D eigenvalue weighted by atomic mass is 32.2. The predicted molar refractivity (Wildman–Crippen MR) is 81.8 cm³/mol. The summed E-state index contributed by atoms with van der Waals surface area (Å²) in [6.45, 7) is 4.99. The number of rotatable bonds is 4. The molecule has 0 aromatic heterocycles. The Hall–Kier alpha value is -0.620. The van der Waals surface area contributed by atoms with Gasteiger partial charge in [0.15, 0.2) is 4.75 Å². The Morgan fingerprint density at radius 2 is 1.77 bits per heavy atom. The first-order valence-corrected chi connectivity index (χ1v) is 9.53. The van der Waals surface area contributed by atoms with Gasteiger partial charge >= 0.3 is 5.97 Å². The van der Waals surface area contributed by atoms with E-state index >= 15 is 0 Å². The second kappa shape index (κ2) is 4.69. The van der Waals surface area contributed by atoms with Gasteiger partial charge in [-0.25, -0.2) is 0 Å². The van der Waals surface area contributed by atoms with Crippen molar-refractivity contribution in [3.05, 3.63) is 0 Å². The normalized spacial score (nSPS) is 40.7. The van der Waals surface area contributed by atoms with Gasteiger partial charge in [-0.2, -0.15) is 8.42 Å². The van der Waals surface area contributed by atoms with Crippen LogP contribution in [-0.2, 0) is 19.6 Å². The molecule has 22 heavy (non-hydrogen) atoms. The molecule has 2 atom stereocenters. The van der Waals surface area contributed by atoms with Gasteiger partial charge in [-0.05, 0) is 69.6 Å².